The molecule has 0 bridgehead atoms. The van der Waals surface area contributed by atoms with Gasteiger partial charge < -0.3 is 4.90 Å². The molecule has 29 heavy (non-hydrogen) atoms. The van der Waals surface area contributed by atoms with Gasteiger partial charge in [0.1, 0.15) is 13.1 Å². The van der Waals surface area contributed by atoms with Gasteiger partial charge in [0.2, 0.25) is 17.7 Å². The van der Waals surface area contributed by atoms with E-state index in [9.17, 15) is 19.2 Å². The van der Waals surface area contributed by atoms with Crippen molar-refractivity contribution in [1.29, 1.82) is 0 Å². The summed E-state index contributed by atoms with van der Waals surface area (Å²) in [5.41, 5.74) is 1.97. The smallest absolute Gasteiger partial charge is 0.324 e. The van der Waals surface area contributed by atoms with Crippen LogP contribution in [0.2, 0.25) is 0 Å². The fourth-order valence-electron chi connectivity index (χ4n) is 3.42. The molecule has 0 aliphatic carbocycles. The van der Waals surface area contributed by atoms with E-state index in [-0.39, 0.29) is 43.8 Å². The van der Waals surface area contributed by atoms with Gasteiger partial charge in [0.05, 0.1) is 0 Å². The van der Waals surface area contributed by atoms with Crippen LogP contribution in [0.3, 0.4) is 0 Å². The molecule has 8 heteroatoms. The van der Waals surface area contributed by atoms with E-state index >= 15 is 0 Å². The minimum absolute atomic E-state index is 0.0239. The second-order valence-electron chi connectivity index (χ2n) is 7.15. The molecule has 8 nitrogen and oxygen atoms in total. The number of carbonyl (C=O) groups is 3. The summed E-state index contributed by atoms with van der Waals surface area (Å²) in [6, 6.07) is 11.4. The number of aromatic nitrogens is 2. The van der Waals surface area contributed by atoms with Crippen molar-refractivity contribution in [3.8, 4) is 0 Å². The van der Waals surface area contributed by atoms with Crippen LogP contribution in [0, 0.1) is 13.8 Å². The van der Waals surface area contributed by atoms with Crippen molar-refractivity contribution in [3.63, 3.8) is 0 Å². The summed E-state index contributed by atoms with van der Waals surface area (Å²) in [5.74, 6) is -1.09. The van der Waals surface area contributed by atoms with E-state index in [1.807, 2.05) is 30.3 Å². The number of piperazine rings is 1. The van der Waals surface area contributed by atoms with Gasteiger partial charge in [-0.3, -0.25) is 23.9 Å². The summed E-state index contributed by atoms with van der Waals surface area (Å²) >= 11 is 0. The third-order valence-corrected chi connectivity index (χ3v) is 4.97. The standard InChI is InChI=1S/C21H24N4O4/c1-15-12-16(2)24(21(29)22-15)11-9-18(26)23-13-19(27)25(20(28)14-23)10-8-17-6-4-3-5-7-17/h3-7,12H,8-11,13-14H2,1-2H3. The maximum Gasteiger partial charge on any atom is 0.347 e. The Labute approximate surface area is 168 Å². The molecule has 0 radical (unpaired) electrons. The fourth-order valence-corrected chi connectivity index (χ4v) is 3.42. The van der Waals surface area contributed by atoms with Gasteiger partial charge in [0.25, 0.3) is 0 Å². The summed E-state index contributed by atoms with van der Waals surface area (Å²) in [6.45, 7) is 3.72. The van der Waals surface area contributed by atoms with Gasteiger partial charge in [0.15, 0.2) is 0 Å². The van der Waals surface area contributed by atoms with E-state index in [2.05, 4.69) is 4.98 Å². The van der Waals surface area contributed by atoms with Crippen LogP contribution in [0.1, 0.15) is 23.4 Å². The predicted octanol–water partition coefficient (Wildman–Crippen LogP) is 0.690. The molecule has 0 spiro atoms. The molecule has 0 N–H and O–H groups in total. The van der Waals surface area contributed by atoms with Gasteiger partial charge in [-0.05, 0) is 31.9 Å². The molecule has 3 amide bonds. The zero-order valence-electron chi connectivity index (χ0n) is 16.6. The average molecular weight is 396 g/mol. The lowest BCUT2D eigenvalue weighted by atomic mass is 10.1. The molecular formula is C21H24N4O4. The minimum atomic E-state index is -0.409. The molecular weight excluding hydrogens is 372 g/mol. The van der Waals surface area contributed by atoms with Crippen molar-refractivity contribution < 1.29 is 14.4 Å². The molecule has 1 fully saturated rings. The van der Waals surface area contributed by atoms with Crippen LogP contribution in [-0.2, 0) is 27.3 Å². The van der Waals surface area contributed by atoms with Crippen LogP contribution in [0.15, 0.2) is 41.2 Å². The van der Waals surface area contributed by atoms with Crippen molar-refractivity contribution in [2.45, 2.75) is 33.2 Å². The molecule has 1 aliphatic rings. The first-order chi connectivity index (χ1) is 13.8. The molecule has 1 aromatic heterocycles. The predicted molar refractivity (Wildman–Crippen MR) is 106 cm³/mol. The number of nitrogens with zero attached hydrogens (tertiary/aromatic N) is 4. The van der Waals surface area contributed by atoms with Crippen molar-refractivity contribution in [2.75, 3.05) is 19.6 Å². The molecule has 2 heterocycles. The molecule has 0 unspecified atom stereocenters. The van der Waals surface area contributed by atoms with Gasteiger partial charge >= 0.3 is 5.69 Å². The van der Waals surface area contributed by atoms with E-state index < -0.39 is 5.69 Å². The number of carbonyl (C=O) groups excluding carboxylic acids is 3. The van der Waals surface area contributed by atoms with Crippen molar-refractivity contribution in [3.05, 3.63) is 63.8 Å². The Morgan fingerprint density at radius 1 is 1.00 bits per heavy atom. The summed E-state index contributed by atoms with van der Waals surface area (Å²) in [4.78, 5) is 55.7. The van der Waals surface area contributed by atoms with Gasteiger partial charge in [-0.1, -0.05) is 30.3 Å². The highest BCUT2D eigenvalue weighted by Gasteiger charge is 2.32. The Hall–Kier alpha value is -3.29. The zero-order valence-corrected chi connectivity index (χ0v) is 16.6. The van der Waals surface area contributed by atoms with E-state index in [4.69, 9.17) is 0 Å². The number of hydrogen-bond acceptors (Lipinski definition) is 5. The fraction of sp³-hybridized carbons (Fsp3) is 0.381. The third-order valence-electron chi connectivity index (χ3n) is 4.97. The largest absolute Gasteiger partial charge is 0.347 e. The first-order valence-electron chi connectivity index (χ1n) is 9.55. The Balaban J connectivity index is 1.56. The lowest BCUT2D eigenvalue weighted by molar-refractivity contribution is -0.156. The number of hydrogen-bond donors (Lipinski definition) is 0. The molecule has 2 aromatic rings. The van der Waals surface area contributed by atoms with Gasteiger partial charge in [-0.15, -0.1) is 0 Å². The van der Waals surface area contributed by atoms with Crippen LogP contribution in [0.4, 0.5) is 0 Å². The lowest BCUT2D eigenvalue weighted by Gasteiger charge is -2.32. The first-order valence-corrected chi connectivity index (χ1v) is 9.55. The minimum Gasteiger partial charge on any atom is -0.324 e. The number of benzene rings is 1. The number of rotatable bonds is 6. The van der Waals surface area contributed by atoms with Crippen molar-refractivity contribution in [1.82, 2.24) is 19.4 Å². The highest BCUT2D eigenvalue weighted by atomic mass is 16.2. The monoisotopic (exact) mass is 396 g/mol. The molecule has 152 valence electrons. The number of aryl methyl sites for hydroxylation is 2. The Morgan fingerprint density at radius 2 is 1.66 bits per heavy atom. The van der Waals surface area contributed by atoms with Crippen LogP contribution >= 0.6 is 0 Å². The molecule has 1 aromatic carbocycles. The number of imide groups is 1. The molecule has 1 saturated heterocycles. The van der Waals surface area contributed by atoms with E-state index in [0.29, 0.717) is 24.4 Å². The zero-order chi connectivity index (χ0) is 21.0. The highest BCUT2D eigenvalue weighted by Crippen LogP contribution is 2.10. The van der Waals surface area contributed by atoms with E-state index in [1.54, 1.807) is 19.9 Å². The Bertz CT molecular complexity index is 966. The van der Waals surface area contributed by atoms with Crippen LogP contribution in [-0.4, -0.2) is 56.7 Å². The summed E-state index contributed by atoms with van der Waals surface area (Å²) in [7, 11) is 0. The second kappa shape index (κ2) is 8.81. The quantitative estimate of drug-likeness (QED) is 0.670. The first kappa shape index (κ1) is 20.4. The normalized spacial score (nSPS) is 14.4. The average Bonchev–Trinajstić information content (AvgIpc) is 2.67. The second-order valence-corrected chi connectivity index (χ2v) is 7.15. The maximum absolute atomic E-state index is 12.5. The van der Waals surface area contributed by atoms with Crippen molar-refractivity contribution in [2.24, 2.45) is 0 Å². The van der Waals surface area contributed by atoms with Gasteiger partial charge in [-0.2, -0.15) is 4.98 Å². The van der Waals surface area contributed by atoms with E-state index in [0.717, 1.165) is 5.56 Å². The lowest BCUT2D eigenvalue weighted by Crippen LogP contribution is -2.56. The Kier molecular flexibility index (Phi) is 6.21. The third kappa shape index (κ3) is 4.96. The SMILES string of the molecule is Cc1cc(C)n(CCC(=O)N2CC(=O)N(CCc3ccccc3)C(=O)C2)c(=O)n1. The van der Waals surface area contributed by atoms with E-state index in [1.165, 1.54) is 14.4 Å². The van der Waals surface area contributed by atoms with Crippen LogP contribution in [0.25, 0.3) is 0 Å². The highest BCUT2D eigenvalue weighted by molar-refractivity contribution is 6.02. The van der Waals surface area contributed by atoms with Gasteiger partial charge in [-0.25, -0.2) is 4.79 Å². The summed E-state index contributed by atoms with van der Waals surface area (Å²) < 4.78 is 1.42. The van der Waals surface area contributed by atoms with Gasteiger partial charge in [0, 0.05) is 30.9 Å². The molecule has 0 saturated carbocycles. The Morgan fingerprint density at radius 3 is 2.28 bits per heavy atom. The maximum atomic E-state index is 12.5. The van der Waals surface area contributed by atoms with Crippen molar-refractivity contribution >= 4 is 17.7 Å². The molecule has 0 atom stereocenters. The summed E-state index contributed by atoms with van der Waals surface area (Å²) in [5, 5.41) is 0. The number of amides is 3. The molecule has 3 rings (SSSR count). The summed E-state index contributed by atoms with van der Waals surface area (Å²) in [6.07, 6.45) is 0.602. The topological polar surface area (TPSA) is 92.6 Å². The van der Waals surface area contributed by atoms with Crippen LogP contribution in [0.5, 0.6) is 0 Å². The van der Waals surface area contributed by atoms with Crippen LogP contribution < -0.4 is 5.69 Å². The molecule has 1 aliphatic heterocycles.